The number of nitro groups is 1. The van der Waals surface area contributed by atoms with Crippen molar-refractivity contribution in [1.29, 1.82) is 0 Å². The number of anilines is 2. The molecule has 2 aromatic rings. The van der Waals surface area contributed by atoms with Gasteiger partial charge in [0, 0.05) is 29.4 Å². The van der Waals surface area contributed by atoms with Gasteiger partial charge in [-0.3, -0.25) is 29.4 Å². The third kappa shape index (κ3) is 2.06. The molecular weight excluding hydrogens is 400 g/mol. The molecule has 4 aliphatic heterocycles. The first-order valence-corrected chi connectivity index (χ1v) is 10.3. The highest BCUT2D eigenvalue weighted by atomic mass is 16.6. The molecule has 31 heavy (non-hydrogen) atoms. The van der Waals surface area contributed by atoms with E-state index >= 15 is 0 Å². The van der Waals surface area contributed by atoms with Crippen molar-refractivity contribution in [2.75, 3.05) is 16.8 Å². The van der Waals surface area contributed by atoms with E-state index in [1.807, 2.05) is 23.1 Å². The van der Waals surface area contributed by atoms with Crippen LogP contribution in [-0.4, -0.2) is 40.1 Å². The Bertz CT molecular complexity index is 1200. The topological polar surface area (TPSA) is 113 Å². The predicted octanol–water partition coefficient (Wildman–Crippen LogP) is 2.03. The molecule has 3 amide bonds. The van der Waals surface area contributed by atoms with E-state index in [0.717, 1.165) is 23.3 Å². The first-order chi connectivity index (χ1) is 15.0. The maximum atomic E-state index is 13.8. The van der Waals surface area contributed by atoms with Crippen molar-refractivity contribution < 1.29 is 19.3 Å². The molecule has 0 radical (unpaired) electrons. The number of hydrogen-bond acceptors (Lipinski definition) is 6. The third-order valence-corrected chi connectivity index (χ3v) is 7.20. The van der Waals surface area contributed by atoms with Crippen LogP contribution in [0, 0.1) is 22.0 Å². The second-order valence-corrected chi connectivity index (χ2v) is 8.46. The number of fused-ring (bicyclic) bond motifs is 7. The fourth-order valence-corrected chi connectivity index (χ4v) is 6.16. The van der Waals surface area contributed by atoms with Crippen molar-refractivity contribution in [3.63, 3.8) is 0 Å². The Hall–Kier alpha value is -3.59. The summed E-state index contributed by atoms with van der Waals surface area (Å²) in [6.45, 7) is 0.636. The van der Waals surface area contributed by atoms with E-state index in [-0.39, 0.29) is 29.2 Å². The van der Waals surface area contributed by atoms with E-state index in [4.69, 9.17) is 0 Å². The zero-order valence-electron chi connectivity index (χ0n) is 16.4. The fraction of sp³-hybridized carbons (Fsp3) is 0.318. The van der Waals surface area contributed by atoms with Gasteiger partial charge in [0.05, 0.1) is 22.4 Å². The predicted molar refractivity (Wildman–Crippen MR) is 109 cm³/mol. The van der Waals surface area contributed by atoms with Gasteiger partial charge in [-0.1, -0.05) is 24.3 Å². The van der Waals surface area contributed by atoms with Crippen molar-refractivity contribution in [2.45, 2.75) is 24.4 Å². The van der Waals surface area contributed by atoms with Crippen LogP contribution in [0.1, 0.15) is 18.4 Å². The van der Waals surface area contributed by atoms with E-state index in [1.54, 1.807) is 6.07 Å². The molecule has 1 spiro atoms. The summed E-state index contributed by atoms with van der Waals surface area (Å²) in [6.07, 6.45) is 1.56. The average molecular weight is 418 g/mol. The number of para-hydroxylation sites is 1. The summed E-state index contributed by atoms with van der Waals surface area (Å²) in [6, 6.07) is 12.6. The van der Waals surface area contributed by atoms with Crippen LogP contribution in [0.2, 0.25) is 0 Å². The smallest absolute Gasteiger partial charge is 0.271 e. The van der Waals surface area contributed by atoms with Gasteiger partial charge in [-0.25, -0.2) is 4.90 Å². The van der Waals surface area contributed by atoms with Gasteiger partial charge >= 0.3 is 0 Å². The van der Waals surface area contributed by atoms with Gasteiger partial charge in [-0.05, 0) is 31.5 Å². The average Bonchev–Trinajstić information content (AvgIpc) is 3.46. The van der Waals surface area contributed by atoms with Crippen molar-refractivity contribution in [3.8, 4) is 0 Å². The largest absolute Gasteiger partial charge is 0.324 e. The molecule has 3 saturated heterocycles. The number of carbonyl (C=O) groups is 3. The zero-order chi connectivity index (χ0) is 21.5. The Balaban J connectivity index is 1.53. The van der Waals surface area contributed by atoms with Crippen molar-refractivity contribution in [1.82, 2.24) is 4.90 Å². The van der Waals surface area contributed by atoms with Gasteiger partial charge < -0.3 is 5.32 Å². The Morgan fingerprint density at radius 2 is 1.87 bits per heavy atom. The quantitative estimate of drug-likeness (QED) is 0.454. The molecule has 9 heteroatoms. The summed E-state index contributed by atoms with van der Waals surface area (Å²) in [7, 11) is 0. The normalized spacial score (nSPS) is 31.2. The molecule has 6 rings (SSSR count). The van der Waals surface area contributed by atoms with E-state index in [0.29, 0.717) is 12.2 Å². The van der Waals surface area contributed by atoms with Crippen LogP contribution in [-0.2, 0) is 19.9 Å². The number of hydrogen-bond donors (Lipinski definition) is 1. The molecule has 2 aromatic carbocycles. The van der Waals surface area contributed by atoms with E-state index in [9.17, 15) is 24.5 Å². The van der Waals surface area contributed by atoms with E-state index in [2.05, 4.69) is 5.32 Å². The summed E-state index contributed by atoms with van der Waals surface area (Å²) in [5.74, 6) is -2.67. The number of nitrogens with zero attached hydrogens (tertiary/aromatic N) is 3. The van der Waals surface area contributed by atoms with Crippen LogP contribution in [0.3, 0.4) is 0 Å². The van der Waals surface area contributed by atoms with Crippen LogP contribution in [0.15, 0.2) is 48.5 Å². The summed E-state index contributed by atoms with van der Waals surface area (Å²) >= 11 is 0. The number of imide groups is 1. The lowest BCUT2D eigenvalue weighted by Gasteiger charge is -2.36. The molecule has 1 N–H and O–H groups in total. The fourth-order valence-electron chi connectivity index (χ4n) is 6.16. The maximum Gasteiger partial charge on any atom is 0.271 e. The lowest BCUT2D eigenvalue weighted by atomic mass is 9.75. The summed E-state index contributed by atoms with van der Waals surface area (Å²) < 4.78 is 0. The van der Waals surface area contributed by atoms with Crippen molar-refractivity contribution >= 4 is 34.8 Å². The zero-order valence-corrected chi connectivity index (χ0v) is 16.4. The van der Waals surface area contributed by atoms with Crippen LogP contribution in [0.5, 0.6) is 0 Å². The van der Waals surface area contributed by atoms with Crippen molar-refractivity contribution in [3.05, 3.63) is 64.2 Å². The molecule has 0 saturated carbocycles. The lowest BCUT2D eigenvalue weighted by molar-refractivity contribution is -0.384. The number of nitrogens with one attached hydrogen (secondary N) is 1. The van der Waals surface area contributed by atoms with Gasteiger partial charge in [0.2, 0.25) is 17.7 Å². The number of non-ortho nitro benzene ring substituents is 1. The Morgan fingerprint density at radius 3 is 2.68 bits per heavy atom. The first-order valence-electron chi connectivity index (χ1n) is 10.3. The Labute approximate surface area is 176 Å². The Morgan fingerprint density at radius 1 is 1.06 bits per heavy atom. The second-order valence-electron chi connectivity index (χ2n) is 8.46. The number of nitro benzene ring substituents is 1. The number of amides is 3. The van der Waals surface area contributed by atoms with Crippen LogP contribution < -0.4 is 10.2 Å². The SMILES string of the molecule is O=C1[C@H]2[C@H]3CCCN3[C@]3(C(=O)Nc4ccccc43)[C@@H]2C(=O)N1c1cccc([N+](=O)[O-])c1. The molecular formula is C22H18N4O5. The van der Waals surface area contributed by atoms with Crippen molar-refractivity contribution in [2.24, 2.45) is 11.8 Å². The first kappa shape index (κ1) is 18.2. The minimum atomic E-state index is -1.23. The standard InChI is InChI=1S/C22H18N4O5/c27-19-17-16-9-4-10-24(16)22(14-7-1-2-8-15(14)23-21(22)29)18(17)20(28)25(19)12-5-3-6-13(11-12)26(30)31/h1-3,5-8,11,16-18H,4,9-10H2,(H,23,29)/t16-,17+,18+,22+/m1/s1. The highest BCUT2D eigenvalue weighted by Crippen LogP contribution is 2.60. The number of carbonyl (C=O) groups excluding carboxylic acids is 3. The lowest BCUT2D eigenvalue weighted by Crippen LogP contribution is -2.54. The van der Waals surface area contributed by atoms with Gasteiger partial charge in [0.25, 0.3) is 5.69 Å². The summed E-state index contributed by atoms with van der Waals surface area (Å²) in [5.41, 5.74) is 0.126. The monoisotopic (exact) mass is 418 g/mol. The third-order valence-electron chi connectivity index (χ3n) is 7.20. The highest BCUT2D eigenvalue weighted by Gasteiger charge is 2.74. The molecule has 0 aliphatic carbocycles. The van der Waals surface area contributed by atoms with Gasteiger partial charge in [-0.15, -0.1) is 0 Å². The molecule has 4 atom stereocenters. The van der Waals surface area contributed by atoms with Crippen LogP contribution >= 0.6 is 0 Å². The van der Waals surface area contributed by atoms with E-state index in [1.165, 1.54) is 24.3 Å². The summed E-state index contributed by atoms with van der Waals surface area (Å²) in [5, 5.41) is 14.1. The van der Waals surface area contributed by atoms with Crippen LogP contribution in [0.25, 0.3) is 0 Å². The second kappa shape index (κ2) is 5.98. The highest BCUT2D eigenvalue weighted by molar-refractivity contribution is 6.25. The molecule has 156 valence electrons. The molecule has 0 aromatic heterocycles. The minimum Gasteiger partial charge on any atom is -0.324 e. The van der Waals surface area contributed by atoms with Gasteiger partial charge in [0.15, 0.2) is 0 Å². The van der Waals surface area contributed by atoms with Crippen LogP contribution in [0.4, 0.5) is 17.1 Å². The van der Waals surface area contributed by atoms with Gasteiger partial charge in [0.1, 0.15) is 5.54 Å². The maximum absolute atomic E-state index is 13.8. The molecule has 4 heterocycles. The molecule has 0 bridgehead atoms. The number of rotatable bonds is 2. The minimum absolute atomic E-state index is 0.171. The Kier molecular flexibility index (Phi) is 3.51. The molecule has 9 nitrogen and oxygen atoms in total. The van der Waals surface area contributed by atoms with Gasteiger partial charge in [-0.2, -0.15) is 0 Å². The molecule has 4 aliphatic rings. The van der Waals surface area contributed by atoms with E-state index < -0.39 is 28.2 Å². The summed E-state index contributed by atoms with van der Waals surface area (Å²) in [4.78, 5) is 54.5. The number of benzene rings is 2. The molecule has 0 unspecified atom stereocenters. The molecule has 3 fully saturated rings.